The van der Waals surface area contributed by atoms with E-state index in [-0.39, 0.29) is 24.0 Å². The van der Waals surface area contributed by atoms with Crippen LogP contribution >= 0.6 is 0 Å². The van der Waals surface area contributed by atoms with Crippen LogP contribution in [-0.2, 0) is 9.59 Å². The van der Waals surface area contributed by atoms with E-state index in [9.17, 15) is 24.6 Å². The van der Waals surface area contributed by atoms with Crippen LogP contribution in [0.5, 0.6) is 0 Å². The lowest BCUT2D eigenvalue weighted by Crippen LogP contribution is -2.48. The van der Waals surface area contributed by atoms with Crippen LogP contribution in [0.1, 0.15) is 55.1 Å². The molecule has 36 heavy (non-hydrogen) atoms. The summed E-state index contributed by atoms with van der Waals surface area (Å²) in [6.07, 6.45) is -0.163. The predicted octanol–water partition coefficient (Wildman–Crippen LogP) is 2.11. The first-order chi connectivity index (χ1) is 17.1. The van der Waals surface area contributed by atoms with Crippen molar-refractivity contribution in [2.45, 2.75) is 45.8 Å². The van der Waals surface area contributed by atoms with Gasteiger partial charge in [-0.2, -0.15) is 0 Å². The molecule has 2 aromatic rings. The van der Waals surface area contributed by atoms with Crippen LogP contribution < -0.4 is 10.6 Å². The topological polar surface area (TPSA) is 136 Å². The van der Waals surface area contributed by atoms with E-state index in [1.54, 1.807) is 48.5 Å². The molecule has 8 nitrogen and oxygen atoms in total. The van der Waals surface area contributed by atoms with Gasteiger partial charge in [0, 0.05) is 35.4 Å². The van der Waals surface area contributed by atoms with Gasteiger partial charge in [0.15, 0.2) is 5.78 Å². The highest BCUT2D eigenvalue weighted by Crippen LogP contribution is 2.17. The number of nitrogens with one attached hydrogen (secondary N) is 2. The summed E-state index contributed by atoms with van der Waals surface area (Å²) >= 11 is 0. The van der Waals surface area contributed by atoms with Gasteiger partial charge < -0.3 is 26.0 Å². The highest BCUT2D eigenvalue weighted by molar-refractivity contribution is 5.98. The monoisotopic (exact) mass is 494 g/mol. The minimum Gasteiger partial charge on any atom is -0.396 e. The molecule has 0 bridgehead atoms. The first-order valence-corrected chi connectivity index (χ1v) is 11.9. The fraction of sp³-hybridized carbons (Fsp3) is 0.393. The van der Waals surface area contributed by atoms with E-state index < -0.39 is 30.4 Å². The van der Waals surface area contributed by atoms with Crippen molar-refractivity contribution in [1.82, 2.24) is 5.32 Å². The molecule has 2 rings (SSSR count). The molecule has 0 aliphatic rings. The molecule has 5 N–H and O–H groups in total. The van der Waals surface area contributed by atoms with E-state index in [1.165, 1.54) is 6.92 Å². The summed E-state index contributed by atoms with van der Waals surface area (Å²) in [5.74, 6) is 5.13. The fourth-order valence-electron chi connectivity index (χ4n) is 3.45. The second kappa shape index (κ2) is 14.1. The maximum atomic E-state index is 12.4. The largest absolute Gasteiger partial charge is 0.396 e. The normalized spacial score (nSPS) is 13.2. The fourth-order valence-corrected chi connectivity index (χ4v) is 3.45. The summed E-state index contributed by atoms with van der Waals surface area (Å²) in [6, 6.07) is 12.4. The number of hydrogen-bond donors (Lipinski definition) is 5. The highest BCUT2D eigenvalue weighted by atomic mass is 16.3. The number of aliphatic hydroxyl groups is 3. The zero-order chi connectivity index (χ0) is 26.7. The van der Waals surface area contributed by atoms with Crippen molar-refractivity contribution in [1.29, 1.82) is 0 Å². The molecule has 0 saturated carbocycles. The second-order valence-corrected chi connectivity index (χ2v) is 8.99. The molecular weight excluding hydrogens is 460 g/mol. The Morgan fingerprint density at radius 1 is 0.889 bits per heavy atom. The summed E-state index contributed by atoms with van der Waals surface area (Å²) < 4.78 is 0. The molecule has 2 aromatic carbocycles. The first kappa shape index (κ1) is 28.7. The molecule has 0 heterocycles. The van der Waals surface area contributed by atoms with Gasteiger partial charge in [-0.15, -0.1) is 0 Å². The van der Waals surface area contributed by atoms with Crippen LogP contribution in [0.3, 0.4) is 0 Å². The van der Waals surface area contributed by atoms with E-state index >= 15 is 0 Å². The van der Waals surface area contributed by atoms with Crippen molar-refractivity contribution in [3.05, 3.63) is 65.2 Å². The lowest BCUT2D eigenvalue weighted by molar-refractivity contribution is -0.126. The zero-order valence-electron chi connectivity index (χ0n) is 20.8. The molecule has 0 aromatic heterocycles. The Morgan fingerprint density at radius 3 is 1.92 bits per heavy atom. The smallest absolute Gasteiger partial charge is 0.251 e. The number of rotatable bonds is 11. The van der Waals surface area contributed by atoms with Gasteiger partial charge in [-0.25, -0.2) is 0 Å². The molecule has 8 heteroatoms. The van der Waals surface area contributed by atoms with Crippen LogP contribution in [0.4, 0.5) is 5.69 Å². The number of benzene rings is 2. The van der Waals surface area contributed by atoms with Gasteiger partial charge in [-0.1, -0.05) is 25.7 Å². The standard InChI is InChI=1S/C28H34N2O6/c1-18(2)23(16-31)12-15-26(35)29-24-13-8-21(9-14-24)5-4-20-6-10-22(11-7-20)28(36)30-27(19(3)33)25(34)17-32/h6-11,13-14,18-19,23,27,31-33H,12,15-17H2,1-3H3,(H,29,35)(H,30,36)/t19-,23?,27+/m1/s1. The maximum absolute atomic E-state index is 12.4. The number of aliphatic hydroxyl groups excluding tert-OH is 3. The number of amides is 2. The van der Waals surface area contributed by atoms with Crippen molar-refractivity contribution < 1.29 is 29.7 Å². The van der Waals surface area contributed by atoms with E-state index in [1.807, 2.05) is 13.8 Å². The Bertz CT molecular complexity index is 1080. The van der Waals surface area contributed by atoms with Crippen molar-refractivity contribution in [2.75, 3.05) is 18.5 Å². The van der Waals surface area contributed by atoms with Crippen molar-refractivity contribution in [3.63, 3.8) is 0 Å². The van der Waals surface area contributed by atoms with Crippen LogP contribution in [0.2, 0.25) is 0 Å². The minimum atomic E-state index is -1.19. The Kier molecular flexibility index (Phi) is 11.3. The van der Waals surface area contributed by atoms with Gasteiger partial charge in [-0.3, -0.25) is 14.4 Å². The third-order valence-electron chi connectivity index (χ3n) is 5.86. The van der Waals surface area contributed by atoms with Crippen molar-refractivity contribution >= 4 is 23.3 Å². The SMILES string of the molecule is CC(C)C(CO)CCC(=O)Nc1ccc(C#Cc2ccc(C(=O)N[C@H](C(=O)CO)[C@@H](C)O)cc2)cc1. The molecule has 0 aliphatic carbocycles. The molecule has 2 amide bonds. The summed E-state index contributed by atoms with van der Waals surface area (Å²) in [4.78, 5) is 36.2. The Balaban J connectivity index is 1.94. The Hall–Kier alpha value is -3.51. The number of carbonyl (C=O) groups excluding carboxylic acids is 3. The van der Waals surface area contributed by atoms with Gasteiger partial charge in [0.25, 0.3) is 5.91 Å². The predicted molar refractivity (Wildman–Crippen MR) is 137 cm³/mol. The molecule has 0 saturated heterocycles. The van der Waals surface area contributed by atoms with Gasteiger partial charge in [0.2, 0.25) is 5.91 Å². The number of Topliss-reactive ketones (excluding diaryl/α,β-unsaturated/α-hetero) is 1. The molecule has 192 valence electrons. The van der Waals surface area contributed by atoms with Crippen molar-refractivity contribution in [3.8, 4) is 11.8 Å². The third kappa shape index (κ3) is 8.93. The number of carbonyl (C=O) groups is 3. The van der Waals surface area contributed by atoms with Crippen LogP contribution in [0.25, 0.3) is 0 Å². The molecule has 0 spiro atoms. The first-order valence-electron chi connectivity index (χ1n) is 11.9. The highest BCUT2D eigenvalue weighted by Gasteiger charge is 2.25. The third-order valence-corrected chi connectivity index (χ3v) is 5.86. The Labute approximate surface area is 211 Å². The zero-order valence-corrected chi connectivity index (χ0v) is 20.8. The van der Waals surface area contributed by atoms with Crippen LogP contribution in [0.15, 0.2) is 48.5 Å². The van der Waals surface area contributed by atoms with Crippen LogP contribution in [0, 0.1) is 23.7 Å². The van der Waals surface area contributed by atoms with E-state index in [0.717, 1.165) is 5.56 Å². The minimum absolute atomic E-state index is 0.0727. The van der Waals surface area contributed by atoms with E-state index in [2.05, 4.69) is 22.5 Å². The number of ketones is 1. The van der Waals surface area contributed by atoms with Gasteiger partial charge in [-0.05, 0) is 73.7 Å². The molecule has 0 aliphatic heterocycles. The summed E-state index contributed by atoms with van der Waals surface area (Å²) in [5, 5.41) is 33.3. The number of hydrogen-bond acceptors (Lipinski definition) is 6. The molecular formula is C28H34N2O6. The molecule has 0 fully saturated rings. The summed E-state index contributed by atoms with van der Waals surface area (Å²) in [6.45, 7) is 4.71. The molecule has 1 unspecified atom stereocenters. The quantitative estimate of drug-likeness (QED) is 0.304. The lowest BCUT2D eigenvalue weighted by Gasteiger charge is -2.19. The second-order valence-electron chi connectivity index (χ2n) is 8.99. The maximum Gasteiger partial charge on any atom is 0.251 e. The summed E-state index contributed by atoms with van der Waals surface area (Å²) in [5.41, 5.74) is 2.38. The van der Waals surface area contributed by atoms with Crippen LogP contribution in [-0.4, -0.2) is 58.3 Å². The summed E-state index contributed by atoms with van der Waals surface area (Å²) in [7, 11) is 0. The molecule has 3 atom stereocenters. The van der Waals surface area contributed by atoms with Gasteiger partial charge >= 0.3 is 0 Å². The Morgan fingerprint density at radius 2 is 1.44 bits per heavy atom. The van der Waals surface area contributed by atoms with E-state index in [0.29, 0.717) is 30.0 Å². The average Bonchev–Trinajstić information content (AvgIpc) is 2.86. The van der Waals surface area contributed by atoms with E-state index in [4.69, 9.17) is 5.11 Å². The van der Waals surface area contributed by atoms with Gasteiger partial charge in [0.1, 0.15) is 12.6 Å². The molecule has 0 radical (unpaired) electrons. The van der Waals surface area contributed by atoms with Crippen molar-refractivity contribution in [2.24, 2.45) is 11.8 Å². The lowest BCUT2D eigenvalue weighted by atomic mass is 9.92. The van der Waals surface area contributed by atoms with Gasteiger partial charge in [0.05, 0.1) is 6.10 Å². The number of anilines is 1. The average molecular weight is 495 g/mol.